The second kappa shape index (κ2) is 6.41. The van der Waals surface area contributed by atoms with Crippen LogP contribution >= 0.6 is 0 Å². The van der Waals surface area contributed by atoms with Gasteiger partial charge in [-0.1, -0.05) is 19.8 Å². The van der Waals surface area contributed by atoms with Crippen molar-refractivity contribution in [1.82, 2.24) is 14.9 Å². The van der Waals surface area contributed by atoms with Crippen LogP contribution in [0.15, 0.2) is 12.4 Å². The number of hydrogen-bond donors (Lipinski definition) is 1. The maximum atomic E-state index is 12.4. The van der Waals surface area contributed by atoms with Gasteiger partial charge in [0.2, 0.25) is 5.95 Å². The molecule has 1 N–H and O–H groups in total. The molecule has 2 fully saturated rings. The van der Waals surface area contributed by atoms with Crippen LogP contribution < -0.4 is 5.32 Å². The number of hydrogen-bond acceptors (Lipinski definition) is 4. The van der Waals surface area contributed by atoms with Crippen molar-refractivity contribution >= 4 is 11.9 Å². The maximum absolute atomic E-state index is 12.4. The molecule has 0 atom stereocenters. The summed E-state index contributed by atoms with van der Waals surface area (Å²) in [5.74, 6) is 1.43. The van der Waals surface area contributed by atoms with Gasteiger partial charge in [0, 0.05) is 31.5 Å². The first kappa shape index (κ1) is 14.3. The van der Waals surface area contributed by atoms with Gasteiger partial charge in [-0.15, -0.1) is 0 Å². The fourth-order valence-corrected chi connectivity index (χ4v) is 3.16. The zero-order valence-electron chi connectivity index (χ0n) is 12.7. The van der Waals surface area contributed by atoms with Crippen LogP contribution in [0.2, 0.25) is 0 Å². The quantitative estimate of drug-likeness (QED) is 0.929. The van der Waals surface area contributed by atoms with Gasteiger partial charge >= 0.3 is 0 Å². The Labute approximate surface area is 126 Å². The van der Waals surface area contributed by atoms with Gasteiger partial charge in [-0.05, 0) is 31.6 Å². The summed E-state index contributed by atoms with van der Waals surface area (Å²) in [5.41, 5.74) is 0.599. The van der Waals surface area contributed by atoms with Gasteiger partial charge in [0.25, 0.3) is 5.91 Å². The number of piperidine rings is 1. The van der Waals surface area contributed by atoms with Crippen LogP contribution in [0.5, 0.6) is 0 Å². The molecule has 0 spiro atoms. The summed E-state index contributed by atoms with van der Waals surface area (Å²) in [7, 11) is 0. The molecular formula is C16H24N4O. The molecule has 1 amide bonds. The van der Waals surface area contributed by atoms with E-state index in [1.54, 1.807) is 12.4 Å². The van der Waals surface area contributed by atoms with E-state index in [2.05, 4.69) is 22.2 Å². The molecule has 2 heterocycles. The minimum atomic E-state index is 0.0642. The fraction of sp³-hybridized carbons (Fsp3) is 0.688. The molecule has 1 aromatic heterocycles. The number of nitrogens with one attached hydrogen (secondary N) is 1. The zero-order chi connectivity index (χ0) is 14.7. The van der Waals surface area contributed by atoms with Crippen LogP contribution in [0.25, 0.3) is 0 Å². The van der Waals surface area contributed by atoms with E-state index in [-0.39, 0.29) is 5.91 Å². The first-order chi connectivity index (χ1) is 10.2. The molecular weight excluding hydrogens is 264 g/mol. The maximum Gasteiger partial charge on any atom is 0.256 e. The van der Waals surface area contributed by atoms with Crippen molar-refractivity contribution in [3.05, 3.63) is 18.0 Å². The monoisotopic (exact) mass is 288 g/mol. The number of carbonyl (C=O) groups is 1. The Morgan fingerprint density at radius 2 is 1.76 bits per heavy atom. The van der Waals surface area contributed by atoms with Crippen molar-refractivity contribution in [1.29, 1.82) is 0 Å². The van der Waals surface area contributed by atoms with E-state index < -0.39 is 0 Å². The summed E-state index contributed by atoms with van der Waals surface area (Å²) < 4.78 is 0. The van der Waals surface area contributed by atoms with Crippen molar-refractivity contribution < 1.29 is 4.79 Å². The van der Waals surface area contributed by atoms with Gasteiger partial charge in [-0.25, -0.2) is 9.97 Å². The predicted octanol–water partition coefficient (Wildman–Crippen LogP) is 2.70. The van der Waals surface area contributed by atoms with Crippen LogP contribution in [0, 0.1) is 5.92 Å². The van der Waals surface area contributed by atoms with Crippen molar-refractivity contribution in [2.75, 3.05) is 18.4 Å². The lowest BCUT2D eigenvalue weighted by atomic mass is 9.99. The van der Waals surface area contributed by atoms with Crippen LogP contribution in [-0.2, 0) is 0 Å². The molecule has 1 aliphatic heterocycles. The third kappa shape index (κ3) is 3.52. The van der Waals surface area contributed by atoms with Crippen molar-refractivity contribution in [2.45, 2.75) is 51.5 Å². The average Bonchev–Trinajstić information content (AvgIpc) is 3.01. The van der Waals surface area contributed by atoms with Gasteiger partial charge in [-0.2, -0.15) is 0 Å². The van der Waals surface area contributed by atoms with Crippen LogP contribution in [0.3, 0.4) is 0 Å². The molecule has 1 aliphatic carbocycles. The van der Waals surface area contributed by atoms with Crippen molar-refractivity contribution in [2.24, 2.45) is 5.92 Å². The lowest BCUT2D eigenvalue weighted by Gasteiger charge is -2.30. The highest BCUT2D eigenvalue weighted by atomic mass is 16.2. The fourth-order valence-electron chi connectivity index (χ4n) is 3.16. The van der Waals surface area contributed by atoms with Gasteiger partial charge in [-0.3, -0.25) is 4.79 Å². The van der Waals surface area contributed by atoms with E-state index >= 15 is 0 Å². The molecule has 0 aromatic carbocycles. The van der Waals surface area contributed by atoms with Crippen molar-refractivity contribution in [3.8, 4) is 0 Å². The minimum Gasteiger partial charge on any atom is -0.351 e. The molecule has 5 nitrogen and oxygen atoms in total. The Morgan fingerprint density at radius 1 is 1.14 bits per heavy atom. The summed E-state index contributed by atoms with van der Waals surface area (Å²) in [6.45, 7) is 3.94. The molecule has 0 bridgehead atoms. The minimum absolute atomic E-state index is 0.0642. The van der Waals surface area contributed by atoms with Crippen LogP contribution in [0.1, 0.15) is 55.8 Å². The SMILES string of the molecule is CC1CCN(C(=O)c2cnc(NC3CCCC3)nc2)CC1. The smallest absolute Gasteiger partial charge is 0.256 e. The summed E-state index contributed by atoms with van der Waals surface area (Å²) in [6, 6.07) is 0.495. The molecule has 0 radical (unpaired) electrons. The van der Waals surface area contributed by atoms with E-state index in [9.17, 15) is 4.79 Å². The number of anilines is 1. The molecule has 1 saturated carbocycles. The molecule has 0 unspecified atom stereocenters. The third-order valence-corrected chi connectivity index (χ3v) is 4.66. The first-order valence-electron chi connectivity index (χ1n) is 8.10. The molecule has 1 saturated heterocycles. The van der Waals surface area contributed by atoms with Gasteiger partial charge < -0.3 is 10.2 Å². The Balaban J connectivity index is 1.59. The number of nitrogens with zero attached hydrogens (tertiary/aromatic N) is 3. The Kier molecular flexibility index (Phi) is 4.36. The standard InChI is InChI=1S/C16H24N4O/c1-12-6-8-20(9-7-12)15(21)13-10-17-16(18-11-13)19-14-4-2-3-5-14/h10-12,14H,2-9H2,1H3,(H,17,18,19). The third-order valence-electron chi connectivity index (χ3n) is 4.66. The zero-order valence-corrected chi connectivity index (χ0v) is 12.7. The number of aromatic nitrogens is 2. The lowest BCUT2D eigenvalue weighted by Crippen LogP contribution is -2.38. The summed E-state index contributed by atoms with van der Waals surface area (Å²) in [6.07, 6.45) is 10.4. The normalized spacial score (nSPS) is 20.7. The van der Waals surface area contributed by atoms with E-state index in [4.69, 9.17) is 0 Å². The molecule has 114 valence electrons. The highest BCUT2D eigenvalue weighted by Gasteiger charge is 2.22. The largest absolute Gasteiger partial charge is 0.351 e. The van der Waals surface area contributed by atoms with Gasteiger partial charge in [0.15, 0.2) is 0 Å². The number of amides is 1. The van der Waals surface area contributed by atoms with Crippen LogP contribution in [0.4, 0.5) is 5.95 Å². The summed E-state index contributed by atoms with van der Waals surface area (Å²) in [4.78, 5) is 22.9. The summed E-state index contributed by atoms with van der Waals surface area (Å²) >= 11 is 0. The molecule has 3 rings (SSSR count). The Morgan fingerprint density at radius 3 is 2.38 bits per heavy atom. The second-order valence-corrected chi connectivity index (χ2v) is 6.40. The first-order valence-corrected chi connectivity index (χ1v) is 8.10. The molecule has 21 heavy (non-hydrogen) atoms. The molecule has 5 heteroatoms. The average molecular weight is 288 g/mol. The number of likely N-dealkylation sites (tertiary alicyclic amines) is 1. The Hall–Kier alpha value is -1.65. The predicted molar refractivity (Wildman–Crippen MR) is 82.2 cm³/mol. The second-order valence-electron chi connectivity index (χ2n) is 6.40. The van der Waals surface area contributed by atoms with E-state index in [0.29, 0.717) is 17.6 Å². The lowest BCUT2D eigenvalue weighted by molar-refractivity contribution is 0.0696. The Bertz CT molecular complexity index is 474. The number of carbonyl (C=O) groups excluding carboxylic acids is 1. The highest BCUT2D eigenvalue weighted by molar-refractivity contribution is 5.93. The van der Waals surface area contributed by atoms with Gasteiger partial charge in [0.1, 0.15) is 0 Å². The number of rotatable bonds is 3. The van der Waals surface area contributed by atoms with Crippen molar-refractivity contribution in [3.63, 3.8) is 0 Å². The highest BCUT2D eigenvalue weighted by Crippen LogP contribution is 2.21. The summed E-state index contributed by atoms with van der Waals surface area (Å²) in [5, 5.41) is 3.35. The molecule has 2 aliphatic rings. The molecule has 1 aromatic rings. The van der Waals surface area contributed by atoms with E-state index in [1.165, 1.54) is 25.7 Å². The van der Waals surface area contributed by atoms with Gasteiger partial charge in [0.05, 0.1) is 5.56 Å². The topological polar surface area (TPSA) is 58.1 Å². The van der Waals surface area contributed by atoms with E-state index in [1.807, 2.05) is 4.90 Å². The van der Waals surface area contributed by atoms with E-state index in [0.717, 1.165) is 31.8 Å². The van der Waals surface area contributed by atoms with Crippen LogP contribution in [-0.4, -0.2) is 39.9 Å².